The van der Waals surface area contributed by atoms with Crippen LogP contribution < -0.4 is 0 Å². The summed E-state index contributed by atoms with van der Waals surface area (Å²) in [5.74, 6) is 1.83. The maximum Gasteiger partial charge on any atom is 0.145 e. The van der Waals surface area contributed by atoms with Gasteiger partial charge in [0.1, 0.15) is 5.78 Å². The molecule has 156 valence electrons. The largest absolute Gasteiger partial charge is 0.298 e. The molecule has 0 amide bonds. The molecule has 3 heteroatoms. The first-order valence-electron chi connectivity index (χ1n) is 11.5. The van der Waals surface area contributed by atoms with E-state index >= 15 is 0 Å². The van der Waals surface area contributed by atoms with Crippen LogP contribution in [-0.2, 0) is 17.6 Å². The van der Waals surface area contributed by atoms with Crippen LogP contribution in [0.25, 0.3) is 0 Å². The molecule has 2 fully saturated rings. The molecule has 2 aromatic rings. The van der Waals surface area contributed by atoms with Gasteiger partial charge in [-0.05, 0) is 91.2 Å². The number of rotatable bonds is 2. The monoisotopic (exact) mass is 408 g/mol. The van der Waals surface area contributed by atoms with Gasteiger partial charge in [0, 0.05) is 10.8 Å². The number of Topliss-reactive ketones (excluding diaryl/α,β-unsaturated/α-hetero) is 1. The van der Waals surface area contributed by atoms with E-state index in [0.29, 0.717) is 29.1 Å². The first-order chi connectivity index (χ1) is 14.9. The van der Waals surface area contributed by atoms with Gasteiger partial charge in [0.2, 0.25) is 0 Å². The Morgan fingerprint density at radius 1 is 1.03 bits per heavy atom. The van der Waals surface area contributed by atoms with Gasteiger partial charge in [0.25, 0.3) is 0 Å². The van der Waals surface area contributed by atoms with E-state index in [9.17, 15) is 10.1 Å². The lowest BCUT2D eigenvalue weighted by atomic mass is 9.55. The maximum atomic E-state index is 13.8. The van der Waals surface area contributed by atoms with Crippen LogP contribution in [-0.4, -0.2) is 5.78 Å². The van der Waals surface area contributed by atoms with Gasteiger partial charge in [-0.15, -0.1) is 0 Å². The minimum absolute atomic E-state index is 0.243. The standard InChI is InChI=1S/C28H28N2O/c1-27(14-18-6-8-19(16-29)9-7-18)15-25-24-11-10-21-20(17-30)4-3-5-22(21)23(24)12-13-28(25,2)26(27)31/h3-9,23-25H,10-15H2,1-2H3/t23?,24?,25?,27-,28+/m1/s1. The molecule has 5 rings (SSSR count). The van der Waals surface area contributed by atoms with Crippen LogP contribution in [0.4, 0.5) is 0 Å². The third-order valence-electron chi connectivity index (χ3n) is 8.70. The lowest BCUT2D eigenvalue weighted by Crippen LogP contribution is -2.43. The highest BCUT2D eigenvalue weighted by molar-refractivity contribution is 5.93. The predicted molar refractivity (Wildman–Crippen MR) is 119 cm³/mol. The SMILES string of the molecule is C[C@@]1(Cc2ccc(C#N)cc2)CC2C3CCc4c(C#N)cccc4C3CC[C@]2(C)C1=O. The van der Waals surface area contributed by atoms with Crippen molar-refractivity contribution in [1.29, 1.82) is 10.5 Å². The maximum absolute atomic E-state index is 13.8. The highest BCUT2D eigenvalue weighted by Gasteiger charge is 2.62. The third kappa shape index (κ3) is 2.95. The summed E-state index contributed by atoms with van der Waals surface area (Å²) in [5.41, 5.74) is 4.65. The topological polar surface area (TPSA) is 64.7 Å². The summed E-state index contributed by atoms with van der Waals surface area (Å²) in [6.45, 7) is 4.39. The number of nitrogens with zero attached hydrogens (tertiary/aromatic N) is 2. The van der Waals surface area contributed by atoms with Crippen molar-refractivity contribution in [2.24, 2.45) is 22.7 Å². The molecule has 0 bridgehead atoms. The molecule has 0 saturated heterocycles. The molecule has 31 heavy (non-hydrogen) atoms. The van der Waals surface area contributed by atoms with E-state index in [1.807, 2.05) is 36.4 Å². The number of hydrogen-bond acceptors (Lipinski definition) is 3. The van der Waals surface area contributed by atoms with Crippen LogP contribution >= 0.6 is 0 Å². The molecule has 0 N–H and O–H groups in total. The Balaban J connectivity index is 1.46. The number of nitriles is 2. The van der Waals surface area contributed by atoms with Crippen molar-refractivity contribution < 1.29 is 4.79 Å². The van der Waals surface area contributed by atoms with Crippen molar-refractivity contribution in [1.82, 2.24) is 0 Å². The molecule has 3 unspecified atom stereocenters. The predicted octanol–water partition coefficient (Wildman–Crippen LogP) is 5.71. The Morgan fingerprint density at radius 3 is 2.52 bits per heavy atom. The second-order valence-electron chi connectivity index (χ2n) is 10.4. The Morgan fingerprint density at radius 2 is 1.81 bits per heavy atom. The van der Waals surface area contributed by atoms with Gasteiger partial charge in [-0.2, -0.15) is 10.5 Å². The van der Waals surface area contributed by atoms with Gasteiger partial charge in [-0.3, -0.25) is 4.79 Å². The van der Waals surface area contributed by atoms with Crippen molar-refractivity contribution >= 4 is 5.78 Å². The van der Waals surface area contributed by atoms with Gasteiger partial charge >= 0.3 is 0 Å². The Kier molecular flexibility index (Phi) is 4.56. The number of ketones is 1. The zero-order valence-electron chi connectivity index (χ0n) is 18.3. The molecule has 3 nitrogen and oxygen atoms in total. The summed E-state index contributed by atoms with van der Waals surface area (Å²) in [5, 5.41) is 18.6. The van der Waals surface area contributed by atoms with E-state index in [1.165, 1.54) is 11.1 Å². The van der Waals surface area contributed by atoms with Gasteiger partial charge in [0.05, 0.1) is 23.3 Å². The lowest BCUT2D eigenvalue weighted by Gasteiger charge is -2.48. The van der Waals surface area contributed by atoms with Crippen molar-refractivity contribution in [2.45, 2.75) is 58.3 Å². The van der Waals surface area contributed by atoms with Crippen LogP contribution in [0.15, 0.2) is 42.5 Å². The van der Waals surface area contributed by atoms with E-state index < -0.39 is 0 Å². The Hall–Kier alpha value is -2.91. The Labute approximate surface area is 184 Å². The molecule has 0 aliphatic heterocycles. The minimum atomic E-state index is -0.350. The van der Waals surface area contributed by atoms with Gasteiger partial charge in [-0.1, -0.05) is 38.1 Å². The molecule has 3 aliphatic rings. The molecular formula is C28H28N2O. The lowest BCUT2D eigenvalue weighted by molar-refractivity contribution is -0.135. The molecule has 0 heterocycles. The summed E-state index contributed by atoms with van der Waals surface area (Å²) < 4.78 is 0. The normalized spacial score (nSPS) is 33.5. The fourth-order valence-electron chi connectivity index (χ4n) is 7.27. The van der Waals surface area contributed by atoms with E-state index in [1.54, 1.807) is 0 Å². The molecule has 5 atom stereocenters. The van der Waals surface area contributed by atoms with E-state index in [-0.39, 0.29) is 10.8 Å². The number of benzene rings is 2. The molecule has 0 spiro atoms. The van der Waals surface area contributed by atoms with Crippen LogP contribution in [0.2, 0.25) is 0 Å². The van der Waals surface area contributed by atoms with Crippen LogP contribution in [0.1, 0.15) is 73.3 Å². The van der Waals surface area contributed by atoms with Crippen molar-refractivity contribution in [3.8, 4) is 12.1 Å². The van der Waals surface area contributed by atoms with Gasteiger partial charge < -0.3 is 0 Å². The molecule has 0 aromatic heterocycles. The zero-order valence-corrected chi connectivity index (χ0v) is 18.3. The van der Waals surface area contributed by atoms with E-state index in [0.717, 1.165) is 49.7 Å². The summed E-state index contributed by atoms with van der Waals surface area (Å²) in [4.78, 5) is 13.8. The van der Waals surface area contributed by atoms with Crippen molar-refractivity contribution in [3.63, 3.8) is 0 Å². The first kappa shape index (κ1) is 20.0. The number of carbonyl (C=O) groups excluding carboxylic acids is 1. The molecule has 0 radical (unpaired) electrons. The molecule has 2 saturated carbocycles. The molecule has 3 aliphatic carbocycles. The van der Waals surface area contributed by atoms with Crippen LogP contribution in [0.5, 0.6) is 0 Å². The second-order valence-corrected chi connectivity index (χ2v) is 10.4. The van der Waals surface area contributed by atoms with Crippen molar-refractivity contribution in [2.75, 3.05) is 0 Å². The summed E-state index contributed by atoms with van der Waals surface area (Å²) in [6.07, 6.45) is 5.70. The fraction of sp³-hybridized carbons (Fsp3) is 0.464. The van der Waals surface area contributed by atoms with E-state index in [2.05, 4.69) is 32.1 Å². The fourth-order valence-corrected chi connectivity index (χ4v) is 7.27. The highest BCUT2D eigenvalue weighted by Crippen LogP contribution is 2.64. The average Bonchev–Trinajstić information content (AvgIpc) is 2.99. The summed E-state index contributed by atoms with van der Waals surface area (Å²) in [6, 6.07) is 18.5. The van der Waals surface area contributed by atoms with Crippen LogP contribution in [0, 0.1) is 45.3 Å². The molecule has 2 aromatic carbocycles. The van der Waals surface area contributed by atoms with E-state index in [4.69, 9.17) is 5.26 Å². The Bertz CT molecular complexity index is 1140. The number of fused-ring (bicyclic) bond motifs is 5. The first-order valence-corrected chi connectivity index (χ1v) is 11.5. The van der Waals surface area contributed by atoms with Gasteiger partial charge in [-0.25, -0.2) is 0 Å². The van der Waals surface area contributed by atoms with Crippen molar-refractivity contribution in [3.05, 3.63) is 70.3 Å². The highest BCUT2D eigenvalue weighted by atomic mass is 16.1. The quantitative estimate of drug-likeness (QED) is 0.639. The average molecular weight is 409 g/mol. The van der Waals surface area contributed by atoms with Crippen LogP contribution in [0.3, 0.4) is 0 Å². The molecular weight excluding hydrogens is 380 g/mol. The minimum Gasteiger partial charge on any atom is -0.298 e. The van der Waals surface area contributed by atoms with Gasteiger partial charge in [0.15, 0.2) is 0 Å². The number of hydrogen-bond donors (Lipinski definition) is 0. The zero-order chi connectivity index (χ0) is 21.8. The summed E-state index contributed by atoms with van der Waals surface area (Å²) >= 11 is 0. The smallest absolute Gasteiger partial charge is 0.145 e. The second kappa shape index (κ2) is 7.06. The summed E-state index contributed by atoms with van der Waals surface area (Å²) in [7, 11) is 0. The third-order valence-corrected chi connectivity index (χ3v) is 8.70. The number of carbonyl (C=O) groups is 1.